The number of hydrogen-bond acceptors (Lipinski definition) is 7. The Hall–Kier alpha value is 2.37. The Labute approximate surface area is 203 Å². The third-order valence-electron chi connectivity index (χ3n) is 1.21. The van der Waals surface area contributed by atoms with Crippen LogP contribution in [0, 0.1) is 0 Å². The molecular weight excluding hydrogens is 450 g/mol. The zero-order valence-electron chi connectivity index (χ0n) is 17.4. The zero-order valence-corrected chi connectivity index (χ0v) is 23.6. The van der Waals surface area contributed by atoms with Crippen LogP contribution in [0.1, 0.15) is 62.3 Å². The van der Waals surface area contributed by atoms with Gasteiger partial charge in [0.1, 0.15) is 7.60 Å². The van der Waals surface area contributed by atoms with E-state index in [0.717, 1.165) is 6.66 Å². The molecule has 0 aliphatic carbocycles. The van der Waals surface area contributed by atoms with E-state index < -0.39 is 32.2 Å². The fourth-order valence-corrected chi connectivity index (χ4v) is 3.56. The standard InChI is InChI=1S/C8H19O4P.C5H13O3P.2ClH.2Mg/c1-7(2,3)11-13(9,10)12-8(4,5)6;1-5(2,3)8-9(4,6)7;;;;/h1-6H3,(H,9,10);1-4H3,(H,6,7);2*1H;;/q;;;;2*+2/p-4. The molecule has 1 unspecified atom stereocenters. The average Bonchev–Trinajstić information content (AvgIpc) is 1.82. The van der Waals surface area contributed by atoms with Crippen molar-refractivity contribution in [1.29, 1.82) is 0 Å². The smallest absolute Gasteiger partial charge is 1.00 e. The normalized spacial score (nSPS) is 14.0. The molecule has 0 fully saturated rings. The first-order chi connectivity index (χ1) is 9.12. The second-order valence-electron chi connectivity index (χ2n) is 7.83. The molecule has 0 saturated carbocycles. The van der Waals surface area contributed by atoms with Crippen LogP contribution in [0.4, 0.5) is 0 Å². The SMILES string of the molecule is CC(C)(C)OP(=O)([O-])OC(C)(C)C.CC(C)(C)OP(C)(=O)[O-].[Cl-].[Cl-].[Mg+2].[Mg+2]. The molecule has 0 aromatic rings. The van der Waals surface area contributed by atoms with Crippen molar-refractivity contribution in [1.82, 2.24) is 0 Å². The van der Waals surface area contributed by atoms with Crippen molar-refractivity contribution in [3.05, 3.63) is 0 Å². The van der Waals surface area contributed by atoms with E-state index in [1.165, 1.54) is 0 Å². The van der Waals surface area contributed by atoms with E-state index in [-0.39, 0.29) is 70.9 Å². The summed E-state index contributed by atoms with van der Waals surface area (Å²) in [5, 5.41) is 0. The molecule has 26 heavy (non-hydrogen) atoms. The van der Waals surface area contributed by atoms with Crippen LogP contribution in [-0.2, 0) is 22.7 Å². The predicted molar refractivity (Wildman–Crippen MR) is 95.2 cm³/mol. The molecule has 152 valence electrons. The predicted octanol–water partition coefficient (Wildman–Crippen LogP) is -3.68. The van der Waals surface area contributed by atoms with Gasteiger partial charge in [0.25, 0.3) is 7.82 Å². The van der Waals surface area contributed by atoms with Gasteiger partial charge in [-0.05, 0) is 62.3 Å². The van der Waals surface area contributed by atoms with Crippen LogP contribution in [-0.4, -0.2) is 69.6 Å². The Balaban J connectivity index is -0.0000000697. The summed E-state index contributed by atoms with van der Waals surface area (Å²) in [6.45, 7) is 16.1. The largest absolute Gasteiger partial charge is 2.00 e. The molecule has 1 atom stereocenters. The average molecular weight is 480 g/mol. The zero-order chi connectivity index (χ0) is 18.6. The molecule has 0 aliphatic rings. The van der Waals surface area contributed by atoms with Crippen molar-refractivity contribution in [2.75, 3.05) is 6.66 Å². The van der Waals surface area contributed by atoms with Crippen LogP contribution in [0.5, 0.6) is 0 Å². The number of phosphoric ester groups is 1. The first-order valence-corrected chi connectivity index (χ1v) is 10.3. The van der Waals surface area contributed by atoms with Gasteiger partial charge in [0.05, 0.1) is 16.8 Å². The fraction of sp³-hybridized carbons (Fsp3) is 1.00. The molecule has 0 saturated heterocycles. The van der Waals surface area contributed by atoms with Gasteiger partial charge in [-0.1, -0.05) is 0 Å². The first kappa shape index (κ1) is 42.5. The Morgan fingerprint density at radius 2 is 0.808 bits per heavy atom. The van der Waals surface area contributed by atoms with Crippen LogP contribution in [0.2, 0.25) is 0 Å². The van der Waals surface area contributed by atoms with Gasteiger partial charge in [-0.25, -0.2) is 0 Å². The first-order valence-electron chi connectivity index (χ1n) is 6.84. The maximum atomic E-state index is 11.2. The van der Waals surface area contributed by atoms with E-state index in [2.05, 4.69) is 4.52 Å². The minimum absolute atomic E-state index is 0. The maximum Gasteiger partial charge on any atom is 2.00 e. The molecule has 0 amide bonds. The van der Waals surface area contributed by atoms with Gasteiger partial charge in [-0.2, -0.15) is 0 Å². The van der Waals surface area contributed by atoms with Crippen molar-refractivity contribution in [3.63, 3.8) is 0 Å². The van der Waals surface area contributed by atoms with Crippen LogP contribution in [0.15, 0.2) is 0 Å². The van der Waals surface area contributed by atoms with Crippen molar-refractivity contribution < 1.29 is 57.3 Å². The quantitative estimate of drug-likeness (QED) is 0.303. The van der Waals surface area contributed by atoms with Crippen molar-refractivity contribution in [3.8, 4) is 0 Å². The Morgan fingerprint density at radius 3 is 0.885 bits per heavy atom. The van der Waals surface area contributed by atoms with E-state index in [9.17, 15) is 18.9 Å². The molecule has 0 spiro atoms. The molecule has 0 rings (SSSR count). The van der Waals surface area contributed by atoms with Gasteiger partial charge in [0.2, 0.25) is 0 Å². The van der Waals surface area contributed by atoms with Gasteiger partial charge in [0, 0.05) is 6.66 Å². The van der Waals surface area contributed by atoms with Crippen molar-refractivity contribution in [2.45, 2.75) is 79.1 Å². The molecular formula is C13H30Cl2Mg2O7P2. The number of rotatable bonds is 3. The van der Waals surface area contributed by atoms with Crippen molar-refractivity contribution >= 4 is 61.5 Å². The van der Waals surface area contributed by atoms with E-state index in [4.69, 9.17) is 9.05 Å². The van der Waals surface area contributed by atoms with E-state index in [1.54, 1.807) is 62.3 Å². The molecule has 7 nitrogen and oxygen atoms in total. The Kier molecular flexibility index (Phi) is 24.9. The second kappa shape index (κ2) is 15.2. The summed E-state index contributed by atoms with van der Waals surface area (Å²) in [6, 6.07) is 0. The summed E-state index contributed by atoms with van der Waals surface area (Å²) in [7, 11) is -7.72. The van der Waals surface area contributed by atoms with Crippen LogP contribution in [0.3, 0.4) is 0 Å². The van der Waals surface area contributed by atoms with Gasteiger partial charge < -0.3 is 52.7 Å². The van der Waals surface area contributed by atoms with Gasteiger partial charge in [-0.15, -0.1) is 0 Å². The topological polar surface area (TPSA) is 108 Å². The molecule has 0 aliphatic heterocycles. The minimum atomic E-state index is -4.19. The summed E-state index contributed by atoms with van der Waals surface area (Å²) in [6.07, 6.45) is 0. The van der Waals surface area contributed by atoms with Gasteiger partial charge >= 0.3 is 46.1 Å². The van der Waals surface area contributed by atoms with Crippen molar-refractivity contribution in [2.24, 2.45) is 0 Å². The third kappa shape index (κ3) is 40.9. The van der Waals surface area contributed by atoms with Crippen LogP contribution >= 0.6 is 15.4 Å². The van der Waals surface area contributed by atoms with E-state index in [0.29, 0.717) is 0 Å². The summed E-state index contributed by atoms with van der Waals surface area (Å²) in [5.41, 5.74) is -2.09. The van der Waals surface area contributed by atoms with E-state index >= 15 is 0 Å². The third-order valence-corrected chi connectivity index (χ3v) is 3.63. The molecule has 0 aromatic heterocycles. The number of halogens is 2. The summed E-state index contributed by atoms with van der Waals surface area (Å²) in [4.78, 5) is 21.7. The van der Waals surface area contributed by atoms with E-state index in [1.807, 2.05) is 0 Å². The van der Waals surface area contributed by atoms with Crippen LogP contribution in [0.25, 0.3) is 0 Å². The molecule has 0 heterocycles. The Morgan fingerprint density at radius 1 is 0.615 bits per heavy atom. The minimum Gasteiger partial charge on any atom is -1.00 e. The number of phosphoric acid groups is 1. The Bertz CT molecular complexity index is 421. The summed E-state index contributed by atoms with van der Waals surface area (Å²) >= 11 is 0. The van der Waals surface area contributed by atoms with Gasteiger partial charge in [-0.3, -0.25) is 4.57 Å². The molecule has 0 aromatic carbocycles. The van der Waals surface area contributed by atoms with Crippen LogP contribution < -0.4 is 34.6 Å². The molecule has 0 bridgehead atoms. The fourth-order valence-electron chi connectivity index (χ4n) is 1.19. The summed E-state index contributed by atoms with van der Waals surface area (Å²) in [5.74, 6) is 0. The molecule has 0 radical (unpaired) electrons. The second-order valence-corrected chi connectivity index (χ2v) is 10.8. The molecule has 13 heteroatoms. The monoisotopic (exact) mass is 478 g/mol. The summed E-state index contributed by atoms with van der Waals surface area (Å²) < 4.78 is 35.9. The number of hydrogen-bond donors (Lipinski definition) is 0. The molecule has 0 N–H and O–H groups in total. The maximum absolute atomic E-state index is 11.2. The van der Waals surface area contributed by atoms with Gasteiger partial charge in [0.15, 0.2) is 0 Å².